The Kier molecular flexibility index (Phi) is 5.42. The van der Waals surface area contributed by atoms with Crippen LogP contribution in [0.3, 0.4) is 0 Å². The zero-order valence-corrected chi connectivity index (χ0v) is 10.8. The minimum absolute atomic E-state index is 0.0201. The lowest BCUT2D eigenvalue weighted by Gasteiger charge is -2.07. The van der Waals surface area contributed by atoms with Gasteiger partial charge in [-0.3, -0.25) is 4.79 Å². The minimum Gasteiger partial charge on any atom is -0.378 e. The third-order valence-corrected chi connectivity index (χ3v) is 2.82. The van der Waals surface area contributed by atoms with Gasteiger partial charge in [-0.15, -0.1) is 11.3 Å². The maximum absolute atomic E-state index is 11.4. The lowest BCUT2D eigenvalue weighted by Crippen LogP contribution is -2.24. The first-order valence-electron chi connectivity index (χ1n) is 5.37. The van der Waals surface area contributed by atoms with Crippen LogP contribution in [0.5, 0.6) is 0 Å². The predicted molar refractivity (Wildman–Crippen MR) is 64.4 cm³/mol. The molecule has 0 fully saturated rings. The van der Waals surface area contributed by atoms with Crippen LogP contribution in [0.4, 0.5) is 0 Å². The number of thiazole rings is 1. The van der Waals surface area contributed by atoms with E-state index in [0.717, 1.165) is 9.88 Å². The van der Waals surface area contributed by atoms with E-state index in [4.69, 9.17) is 4.74 Å². The van der Waals surface area contributed by atoms with Crippen LogP contribution in [0, 0.1) is 6.92 Å². The van der Waals surface area contributed by atoms with Gasteiger partial charge in [0.05, 0.1) is 24.3 Å². The van der Waals surface area contributed by atoms with Crippen molar-refractivity contribution in [2.75, 3.05) is 6.61 Å². The Bertz CT molecular complexity index is 336. The number of ether oxygens (including phenoxy) is 1. The number of hydrogen-bond acceptors (Lipinski definition) is 4. The monoisotopic (exact) mass is 242 g/mol. The number of aryl methyl sites for hydroxylation is 1. The van der Waals surface area contributed by atoms with Crippen LogP contribution in [-0.2, 0) is 16.1 Å². The summed E-state index contributed by atoms with van der Waals surface area (Å²) in [6, 6.07) is 0. The fourth-order valence-electron chi connectivity index (χ4n) is 1.15. The number of rotatable bonds is 6. The number of nitrogens with zero attached hydrogens (tertiary/aromatic N) is 1. The largest absolute Gasteiger partial charge is 0.378 e. The normalized spacial score (nSPS) is 10.8. The molecule has 1 heterocycles. The molecular weight excluding hydrogens is 224 g/mol. The number of carbonyl (C=O) groups excluding carboxylic acids is 1. The molecule has 0 aliphatic heterocycles. The molecule has 0 aromatic carbocycles. The van der Waals surface area contributed by atoms with Crippen molar-refractivity contribution >= 4 is 17.2 Å². The Morgan fingerprint density at radius 1 is 1.62 bits per heavy atom. The molecule has 0 aliphatic carbocycles. The maximum atomic E-state index is 11.4. The van der Waals surface area contributed by atoms with E-state index in [1.54, 1.807) is 17.5 Å². The van der Waals surface area contributed by atoms with Gasteiger partial charge in [0.25, 0.3) is 0 Å². The summed E-state index contributed by atoms with van der Waals surface area (Å²) in [6.45, 7) is 6.90. The van der Waals surface area contributed by atoms with Crippen molar-refractivity contribution in [3.05, 3.63) is 16.1 Å². The molecule has 1 aromatic rings. The molecule has 1 aromatic heterocycles. The average molecular weight is 242 g/mol. The molecule has 90 valence electrons. The second-order valence-electron chi connectivity index (χ2n) is 3.79. The molecule has 1 N–H and O–H groups in total. The number of amides is 1. The Hall–Kier alpha value is -0.940. The molecule has 4 nitrogen and oxygen atoms in total. The van der Waals surface area contributed by atoms with Gasteiger partial charge in [0.2, 0.25) is 5.91 Å². The topological polar surface area (TPSA) is 51.2 Å². The van der Waals surface area contributed by atoms with E-state index in [2.05, 4.69) is 10.3 Å². The second-order valence-corrected chi connectivity index (χ2v) is 5.11. The molecule has 0 saturated carbocycles. The lowest BCUT2D eigenvalue weighted by molar-refractivity contribution is -0.122. The van der Waals surface area contributed by atoms with Gasteiger partial charge in [0, 0.05) is 17.5 Å². The van der Waals surface area contributed by atoms with E-state index in [1.165, 1.54) is 0 Å². The van der Waals surface area contributed by atoms with Gasteiger partial charge in [-0.2, -0.15) is 0 Å². The Morgan fingerprint density at radius 2 is 2.38 bits per heavy atom. The van der Waals surface area contributed by atoms with Crippen LogP contribution in [0.25, 0.3) is 0 Å². The van der Waals surface area contributed by atoms with Gasteiger partial charge in [-0.1, -0.05) is 0 Å². The Morgan fingerprint density at radius 3 is 2.94 bits per heavy atom. The van der Waals surface area contributed by atoms with Crippen molar-refractivity contribution in [2.24, 2.45) is 0 Å². The van der Waals surface area contributed by atoms with Gasteiger partial charge in [0.1, 0.15) is 0 Å². The molecule has 16 heavy (non-hydrogen) atoms. The maximum Gasteiger partial charge on any atom is 0.222 e. The Balaban J connectivity index is 2.15. The zero-order valence-electron chi connectivity index (χ0n) is 9.95. The highest BCUT2D eigenvalue weighted by atomic mass is 32.1. The van der Waals surface area contributed by atoms with E-state index < -0.39 is 0 Å². The van der Waals surface area contributed by atoms with Crippen LogP contribution in [-0.4, -0.2) is 23.6 Å². The average Bonchev–Trinajstić information content (AvgIpc) is 2.61. The van der Waals surface area contributed by atoms with Gasteiger partial charge in [-0.05, 0) is 20.8 Å². The summed E-state index contributed by atoms with van der Waals surface area (Å²) in [5.74, 6) is 0.0201. The molecular formula is C11H18N2O2S. The SMILES string of the molecule is Cc1ncc(CNC(=O)CCOC(C)C)s1. The van der Waals surface area contributed by atoms with Crippen LogP contribution in [0.2, 0.25) is 0 Å². The molecule has 0 radical (unpaired) electrons. The number of aromatic nitrogens is 1. The first-order valence-corrected chi connectivity index (χ1v) is 6.19. The molecule has 0 saturated heterocycles. The summed E-state index contributed by atoms with van der Waals surface area (Å²) >= 11 is 1.60. The lowest BCUT2D eigenvalue weighted by atomic mass is 10.4. The van der Waals surface area contributed by atoms with E-state index in [-0.39, 0.29) is 12.0 Å². The second kappa shape index (κ2) is 6.60. The molecule has 0 bridgehead atoms. The van der Waals surface area contributed by atoms with Gasteiger partial charge in [-0.25, -0.2) is 4.98 Å². The van der Waals surface area contributed by atoms with E-state index >= 15 is 0 Å². The smallest absolute Gasteiger partial charge is 0.222 e. The summed E-state index contributed by atoms with van der Waals surface area (Å²) in [5, 5.41) is 3.86. The van der Waals surface area contributed by atoms with Crippen LogP contribution in [0.1, 0.15) is 30.2 Å². The standard InChI is InChI=1S/C11H18N2O2S/c1-8(2)15-5-4-11(14)13-7-10-6-12-9(3)16-10/h6,8H,4-5,7H2,1-3H3,(H,13,14). The highest BCUT2D eigenvalue weighted by molar-refractivity contribution is 7.11. The summed E-state index contributed by atoms with van der Waals surface area (Å²) in [4.78, 5) is 16.6. The van der Waals surface area contributed by atoms with Crippen LogP contribution in [0.15, 0.2) is 6.20 Å². The third kappa shape index (κ3) is 5.23. The summed E-state index contributed by atoms with van der Waals surface area (Å²) in [6.07, 6.45) is 2.39. The van der Waals surface area contributed by atoms with E-state index in [9.17, 15) is 4.79 Å². The fraction of sp³-hybridized carbons (Fsp3) is 0.636. The fourth-order valence-corrected chi connectivity index (χ4v) is 1.88. The van der Waals surface area contributed by atoms with Gasteiger partial charge < -0.3 is 10.1 Å². The molecule has 0 unspecified atom stereocenters. The number of nitrogens with one attached hydrogen (secondary N) is 1. The number of hydrogen-bond donors (Lipinski definition) is 1. The van der Waals surface area contributed by atoms with Crippen LogP contribution >= 0.6 is 11.3 Å². The van der Waals surface area contributed by atoms with Crippen LogP contribution < -0.4 is 5.32 Å². The molecule has 1 rings (SSSR count). The zero-order chi connectivity index (χ0) is 12.0. The summed E-state index contributed by atoms with van der Waals surface area (Å²) in [5.41, 5.74) is 0. The molecule has 1 amide bonds. The van der Waals surface area contributed by atoms with Crippen molar-refractivity contribution in [1.29, 1.82) is 0 Å². The quantitative estimate of drug-likeness (QED) is 0.828. The minimum atomic E-state index is 0.0201. The van der Waals surface area contributed by atoms with Crippen molar-refractivity contribution in [3.63, 3.8) is 0 Å². The first-order chi connectivity index (χ1) is 7.58. The highest BCUT2D eigenvalue weighted by Gasteiger charge is 2.03. The third-order valence-electron chi connectivity index (χ3n) is 1.91. The van der Waals surface area contributed by atoms with Gasteiger partial charge >= 0.3 is 0 Å². The molecule has 0 spiro atoms. The van der Waals surface area contributed by atoms with E-state index in [0.29, 0.717) is 19.6 Å². The van der Waals surface area contributed by atoms with Gasteiger partial charge in [0.15, 0.2) is 0 Å². The van der Waals surface area contributed by atoms with Crippen molar-refractivity contribution < 1.29 is 9.53 Å². The van der Waals surface area contributed by atoms with E-state index in [1.807, 2.05) is 20.8 Å². The molecule has 0 aliphatic rings. The van der Waals surface area contributed by atoms with Crippen molar-refractivity contribution in [3.8, 4) is 0 Å². The first kappa shape index (κ1) is 13.1. The van der Waals surface area contributed by atoms with Crippen molar-refractivity contribution in [1.82, 2.24) is 10.3 Å². The van der Waals surface area contributed by atoms with Crippen molar-refractivity contribution in [2.45, 2.75) is 39.8 Å². The Labute approximate surface area is 100 Å². The summed E-state index contributed by atoms with van der Waals surface area (Å²) in [7, 11) is 0. The summed E-state index contributed by atoms with van der Waals surface area (Å²) < 4.78 is 5.30. The molecule has 0 atom stereocenters. The number of carbonyl (C=O) groups is 1. The predicted octanol–water partition coefficient (Wildman–Crippen LogP) is 1.88. The highest BCUT2D eigenvalue weighted by Crippen LogP contribution is 2.10. The molecule has 5 heteroatoms.